The molecule has 0 unspecified atom stereocenters. The third-order valence-electron chi connectivity index (χ3n) is 4.38. The van der Waals surface area contributed by atoms with Gasteiger partial charge in [-0.15, -0.1) is 0 Å². The van der Waals surface area contributed by atoms with Crippen LogP contribution in [0.4, 0.5) is 17.1 Å². The molecule has 1 aliphatic heterocycles. The van der Waals surface area contributed by atoms with Crippen LogP contribution in [0.3, 0.4) is 0 Å². The van der Waals surface area contributed by atoms with Gasteiger partial charge in [0.1, 0.15) is 12.4 Å². The van der Waals surface area contributed by atoms with Gasteiger partial charge in [0.2, 0.25) is 5.91 Å². The maximum Gasteiger partial charge on any atom is 0.270 e. The Hall–Kier alpha value is -3.14. The molecule has 0 radical (unpaired) electrons. The van der Waals surface area contributed by atoms with Crippen molar-refractivity contribution >= 4 is 33.0 Å². The molecule has 1 N–H and O–H groups in total. The molecule has 0 atom stereocenters. The number of fused-ring (bicyclic) bond motifs is 1. The van der Waals surface area contributed by atoms with Gasteiger partial charge in [0.05, 0.1) is 26.6 Å². The van der Waals surface area contributed by atoms with Crippen molar-refractivity contribution in [2.24, 2.45) is 5.41 Å². The van der Waals surface area contributed by atoms with Crippen LogP contribution in [-0.2, 0) is 14.8 Å². The molecule has 0 fully saturated rings. The number of nitrogens with one attached hydrogen (secondary N) is 1. The lowest BCUT2D eigenvalue weighted by Crippen LogP contribution is -2.39. The molecule has 0 spiro atoms. The molecule has 148 valence electrons. The number of nitro benzene ring substituents is 1. The van der Waals surface area contributed by atoms with Crippen molar-refractivity contribution < 1.29 is 22.9 Å². The lowest BCUT2D eigenvalue weighted by molar-refractivity contribution is -0.385. The number of amides is 1. The zero-order valence-corrected chi connectivity index (χ0v) is 16.3. The minimum atomic E-state index is -4.04. The summed E-state index contributed by atoms with van der Waals surface area (Å²) in [6.07, 6.45) is 0. The lowest BCUT2D eigenvalue weighted by Gasteiger charge is -2.24. The Balaban J connectivity index is 1.93. The van der Waals surface area contributed by atoms with Gasteiger partial charge in [0, 0.05) is 25.2 Å². The van der Waals surface area contributed by atoms with E-state index in [2.05, 4.69) is 4.72 Å². The van der Waals surface area contributed by atoms with Gasteiger partial charge >= 0.3 is 0 Å². The molecule has 0 aliphatic carbocycles. The van der Waals surface area contributed by atoms with Crippen molar-refractivity contribution in [1.82, 2.24) is 0 Å². The predicted molar refractivity (Wildman–Crippen MR) is 103 cm³/mol. The highest BCUT2D eigenvalue weighted by atomic mass is 32.2. The topological polar surface area (TPSA) is 119 Å². The molecular formula is C18H19N3O6S. The zero-order chi connectivity index (χ0) is 20.7. The fraction of sp³-hybridized carbons (Fsp3) is 0.278. The molecule has 9 nitrogen and oxygen atoms in total. The molecule has 1 amide bonds. The quantitative estimate of drug-likeness (QED) is 0.617. The Morgan fingerprint density at radius 2 is 1.93 bits per heavy atom. The largest absolute Gasteiger partial charge is 0.490 e. The summed E-state index contributed by atoms with van der Waals surface area (Å²) >= 11 is 0. The molecule has 0 saturated heterocycles. The number of hydrogen-bond acceptors (Lipinski definition) is 6. The highest BCUT2D eigenvalue weighted by Gasteiger charge is 2.36. The zero-order valence-electron chi connectivity index (χ0n) is 15.5. The first-order valence-corrected chi connectivity index (χ1v) is 9.82. The Morgan fingerprint density at radius 3 is 2.61 bits per heavy atom. The Bertz CT molecular complexity index is 1060. The first-order valence-electron chi connectivity index (χ1n) is 8.33. The number of carbonyl (C=O) groups excluding carboxylic acids is 1. The van der Waals surface area contributed by atoms with Crippen LogP contribution in [0.1, 0.15) is 13.8 Å². The van der Waals surface area contributed by atoms with Gasteiger partial charge in [-0.1, -0.05) is 6.07 Å². The van der Waals surface area contributed by atoms with Crippen molar-refractivity contribution in [2.75, 3.05) is 23.3 Å². The highest BCUT2D eigenvalue weighted by molar-refractivity contribution is 7.92. The number of nitrogens with zero attached hydrogens (tertiary/aromatic N) is 2. The molecule has 2 aromatic rings. The summed E-state index contributed by atoms with van der Waals surface area (Å²) in [7, 11) is -2.41. The van der Waals surface area contributed by atoms with Crippen LogP contribution in [0.5, 0.6) is 5.75 Å². The van der Waals surface area contributed by atoms with E-state index in [1.165, 1.54) is 35.2 Å². The third-order valence-corrected chi connectivity index (χ3v) is 5.76. The van der Waals surface area contributed by atoms with Crippen LogP contribution in [-0.4, -0.2) is 32.9 Å². The summed E-state index contributed by atoms with van der Waals surface area (Å²) in [5.74, 6) is 0.247. The lowest BCUT2D eigenvalue weighted by atomic mass is 9.93. The van der Waals surface area contributed by atoms with Crippen LogP contribution in [0, 0.1) is 15.5 Å². The van der Waals surface area contributed by atoms with E-state index in [-0.39, 0.29) is 28.8 Å². The fourth-order valence-electron chi connectivity index (χ4n) is 2.83. The average molecular weight is 405 g/mol. The van der Waals surface area contributed by atoms with E-state index in [0.29, 0.717) is 11.4 Å². The second kappa shape index (κ2) is 6.79. The van der Waals surface area contributed by atoms with Gasteiger partial charge in [0.15, 0.2) is 0 Å². The Labute approximate surface area is 162 Å². The maximum absolute atomic E-state index is 12.6. The van der Waals surface area contributed by atoms with E-state index >= 15 is 0 Å². The van der Waals surface area contributed by atoms with Crippen molar-refractivity contribution in [2.45, 2.75) is 18.7 Å². The first-order chi connectivity index (χ1) is 13.0. The van der Waals surface area contributed by atoms with Gasteiger partial charge in [-0.3, -0.25) is 19.6 Å². The minimum Gasteiger partial charge on any atom is -0.490 e. The molecule has 0 aromatic heterocycles. The summed E-state index contributed by atoms with van der Waals surface area (Å²) in [5, 5.41) is 10.9. The van der Waals surface area contributed by atoms with Crippen molar-refractivity contribution in [3.8, 4) is 5.75 Å². The number of hydrogen-bond donors (Lipinski definition) is 1. The molecule has 1 heterocycles. The van der Waals surface area contributed by atoms with E-state index in [1.54, 1.807) is 27.0 Å². The number of rotatable bonds is 4. The van der Waals surface area contributed by atoms with Crippen LogP contribution >= 0.6 is 0 Å². The van der Waals surface area contributed by atoms with Gasteiger partial charge in [-0.2, -0.15) is 0 Å². The predicted octanol–water partition coefficient (Wildman–Crippen LogP) is 2.78. The highest BCUT2D eigenvalue weighted by Crippen LogP contribution is 2.37. The number of ether oxygens (including phenoxy) is 1. The smallest absolute Gasteiger partial charge is 0.270 e. The molecule has 28 heavy (non-hydrogen) atoms. The van der Waals surface area contributed by atoms with E-state index in [0.717, 1.165) is 6.07 Å². The van der Waals surface area contributed by atoms with E-state index in [9.17, 15) is 23.3 Å². The number of benzene rings is 2. The number of non-ortho nitro benzene ring substituents is 1. The Kier molecular flexibility index (Phi) is 4.76. The maximum atomic E-state index is 12.6. The SMILES string of the molecule is CN1C(=O)C(C)(C)COc2cc(NS(=O)(=O)c3cccc([N+](=O)[O-])c3)ccc21. The molecule has 2 aromatic carbocycles. The molecular weight excluding hydrogens is 386 g/mol. The van der Waals surface area contributed by atoms with E-state index < -0.39 is 20.4 Å². The summed E-state index contributed by atoms with van der Waals surface area (Å²) < 4.78 is 33.3. The summed E-state index contributed by atoms with van der Waals surface area (Å²) in [4.78, 5) is 24.0. The van der Waals surface area contributed by atoms with Crippen molar-refractivity contribution in [3.63, 3.8) is 0 Å². The molecule has 3 rings (SSSR count). The van der Waals surface area contributed by atoms with Gasteiger partial charge in [-0.05, 0) is 32.0 Å². The van der Waals surface area contributed by atoms with Gasteiger partial charge in [0.25, 0.3) is 15.7 Å². The number of anilines is 2. The summed E-state index contributed by atoms with van der Waals surface area (Å²) in [5.41, 5.74) is -0.314. The number of carbonyl (C=O) groups is 1. The molecule has 1 aliphatic rings. The normalized spacial score (nSPS) is 16.0. The second-order valence-electron chi connectivity index (χ2n) is 7.08. The average Bonchev–Trinajstić information content (AvgIpc) is 2.72. The first kappa shape index (κ1) is 19.6. The molecule has 0 saturated carbocycles. The van der Waals surface area contributed by atoms with Crippen molar-refractivity contribution in [1.29, 1.82) is 0 Å². The summed E-state index contributed by atoms with van der Waals surface area (Å²) in [6, 6.07) is 9.33. The second-order valence-corrected chi connectivity index (χ2v) is 8.76. The van der Waals surface area contributed by atoms with Gasteiger partial charge in [-0.25, -0.2) is 8.42 Å². The standard InChI is InChI=1S/C18H19N3O6S/c1-18(2)11-27-16-9-12(7-8-15(16)20(3)17(18)22)19-28(25,26)14-6-4-5-13(10-14)21(23)24/h4-10,19H,11H2,1-3H3. The third kappa shape index (κ3) is 3.63. The van der Waals surface area contributed by atoms with Gasteiger partial charge < -0.3 is 9.64 Å². The monoisotopic (exact) mass is 405 g/mol. The molecule has 10 heteroatoms. The summed E-state index contributed by atoms with van der Waals surface area (Å²) in [6.45, 7) is 3.68. The van der Waals surface area contributed by atoms with Crippen molar-refractivity contribution in [3.05, 3.63) is 52.6 Å². The van der Waals surface area contributed by atoms with Crippen LogP contribution in [0.15, 0.2) is 47.4 Å². The van der Waals surface area contributed by atoms with Crippen LogP contribution in [0.25, 0.3) is 0 Å². The Morgan fingerprint density at radius 1 is 1.21 bits per heavy atom. The van der Waals surface area contributed by atoms with Crippen LogP contribution in [0.2, 0.25) is 0 Å². The number of sulfonamides is 1. The van der Waals surface area contributed by atoms with E-state index in [4.69, 9.17) is 4.74 Å². The van der Waals surface area contributed by atoms with E-state index in [1.807, 2.05) is 0 Å². The van der Waals surface area contributed by atoms with Crippen LogP contribution < -0.4 is 14.4 Å². The minimum absolute atomic E-state index is 0.115. The molecule has 0 bridgehead atoms. The fourth-order valence-corrected chi connectivity index (χ4v) is 3.92. The number of nitro groups is 1.